The van der Waals surface area contributed by atoms with Crippen molar-refractivity contribution in [3.8, 4) is 28.6 Å². The van der Waals surface area contributed by atoms with Gasteiger partial charge in [-0.15, -0.1) is 0 Å². The van der Waals surface area contributed by atoms with Crippen LogP contribution in [0.5, 0.6) is 5.75 Å². The molecule has 2 N–H and O–H groups in total. The second kappa shape index (κ2) is 11.0. The summed E-state index contributed by atoms with van der Waals surface area (Å²) in [4.78, 5) is 30.4. The number of methoxy groups -OCH3 is 1. The first-order chi connectivity index (χ1) is 18.5. The highest BCUT2D eigenvalue weighted by Gasteiger charge is 2.38. The normalized spacial score (nSPS) is 11.0. The number of fused-ring (bicyclic) bond motifs is 1. The molecule has 0 spiro atoms. The average Bonchev–Trinajstić information content (AvgIpc) is 3.57. The van der Waals surface area contributed by atoms with Gasteiger partial charge in [0.1, 0.15) is 29.2 Å². The van der Waals surface area contributed by atoms with Crippen LogP contribution in [0.2, 0.25) is 0 Å². The molecule has 10 nitrogen and oxygen atoms in total. The van der Waals surface area contributed by atoms with Gasteiger partial charge in [-0.1, -0.05) is 17.3 Å². The zero-order chi connectivity index (χ0) is 28.2. The number of benzene rings is 2. The Kier molecular flexibility index (Phi) is 7.60. The number of aryl methyl sites for hydroxylation is 1. The summed E-state index contributed by atoms with van der Waals surface area (Å²) in [6.07, 6.45) is -1.88. The van der Waals surface area contributed by atoms with E-state index < -0.39 is 12.1 Å². The van der Waals surface area contributed by atoms with E-state index in [1.165, 1.54) is 6.26 Å². The standard InChI is InChI=1S/C24H18N4O4.C2HF3O2/c1-14-6-9-21(25-12-14)27-23(29)15-7-8-20-18(11-15)22(28-32-20)19-13-31-24(26-19)16-4-3-5-17(10-16)30-2;3-2(4,5)1(6)7/h3-13H,1-2H3,(H,25,27,29);(H,6,7). The molecule has 13 heteroatoms. The van der Waals surface area contributed by atoms with Crippen LogP contribution in [0.25, 0.3) is 33.8 Å². The maximum atomic E-state index is 12.7. The van der Waals surface area contributed by atoms with Crippen molar-refractivity contribution in [3.63, 3.8) is 0 Å². The number of hydrogen-bond acceptors (Lipinski definition) is 8. The lowest BCUT2D eigenvalue weighted by Gasteiger charge is -2.04. The van der Waals surface area contributed by atoms with Gasteiger partial charge in [-0.25, -0.2) is 14.8 Å². The van der Waals surface area contributed by atoms with Gasteiger partial charge in [0.25, 0.3) is 5.91 Å². The number of carbonyl (C=O) groups excluding carboxylic acids is 1. The highest BCUT2D eigenvalue weighted by molar-refractivity contribution is 6.06. The summed E-state index contributed by atoms with van der Waals surface area (Å²) in [5.41, 5.74) is 3.76. The first kappa shape index (κ1) is 26.9. The van der Waals surface area contributed by atoms with Crippen molar-refractivity contribution in [2.45, 2.75) is 13.1 Å². The molecule has 0 radical (unpaired) electrons. The molecule has 2 aromatic carbocycles. The smallest absolute Gasteiger partial charge is 0.490 e. The summed E-state index contributed by atoms with van der Waals surface area (Å²) >= 11 is 0. The monoisotopic (exact) mass is 540 g/mol. The van der Waals surface area contributed by atoms with Crippen LogP contribution in [-0.4, -0.2) is 45.4 Å². The minimum Gasteiger partial charge on any atom is -0.497 e. The van der Waals surface area contributed by atoms with Crippen molar-refractivity contribution in [1.82, 2.24) is 15.1 Å². The fourth-order valence-electron chi connectivity index (χ4n) is 3.27. The first-order valence-corrected chi connectivity index (χ1v) is 11.1. The summed E-state index contributed by atoms with van der Waals surface area (Å²) in [6, 6.07) is 16.1. The second-order valence-corrected chi connectivity index (χ2v) is 7.99. The molecule has 39 heavy (non-hydrogen) atoms. The maximum absolute atomic E-state index is 12.7. The first-order valence-electron chi connectivity index (χ1n) is 11.1. The molecule has 0 aliphatic heterocycles. The van der Waals surface area contributed by atoms with Gasteiger partial charge in [-0.2, -0.15) is 13.2 Å². The minimum absolute atomic E-state index is 0.285. The second-order valence-electron chi connectivity index (χ2n) is 7.99. The molecule has 200 valence electrons. The average molecular weight is 540 g/mol. The van der Waals surface area contributed by atoms with Gasteiger partial charge in [0.05, 0.1) is 12.5 Å². The quantitative estimate of drug-likeness (QED) is 0.285. The van der Waals surface area contributed by atoms with Crippen molar-refractivity contribution >= 4 is 28.7 Å². The number of hydrogen-bond donors (Lipinski definition) is 2. The number of carbonyl (C=O) groups is 2. The molecule has 0 aliphatic rings. The fraction of sp³-hybridized carbons (Fsp3) is 0.115. The molecule has 0 saturated heterocycles. The number of halogens is 3. The van der Waals surface area contributed by atoms with Crippen LogP contribution in [0, 0.1) is 6.92 Å². The van der Waals surface area contributed by atoms with Gasteiger partial charge in [0, 0.05) is 17.3 Å². The number of carboxylic acids is 1. The zero-order valence-electron chi connectivity index (χ0n) is 20.3. The number of rotatable bonds is 5. The molecule has 3 heterocycles. The number of nitrogens with one attached hydrogen (secondary N) is 1. The van der Waals surface area contributed by atoms with Crippen molar-refractivity contribution in [1.29, 1.82) is 0 Å². The van der Waals surface area contributed by atoms with Gasteiger partial charge in [-0.3, -0.25) is 4.79 Å². The van der Waals surface area contributed by atoms with E-state index in [1.807, 2.05) is 37.3 Å². The predicted molar refractivity (Wildman–Crippen MR) is 132 cm³/mol. The van der Waals surface area contributed by atoms with E-state index in [0.717, 1.165) is 11.1 Å². The minimum atomic E-state index is -5.08. The molecule has 5 rings (SSSR count). The number of oxazole rings is 1. The summed E-state index contributed by atoms with van der Waals surface area (Å²) in [5, 5.41) is 14.7. The van der Waals surface area contributed by atoms with Crippen LogP contribution in [0.3, 0.4) is 0 Å². The van der Waals surface area contributed by atoms with E-state index in [9.17, 15) is 18.0 Å². The van der Waals surface area contributed by atoms with Gasteiger partial charge in [-0.05, 0) is 55.0 Å². The Morgan fingerprint density at radius 1 is 1.08 bits per heavy atom. The van der Waals surface area contributed by atoms with E-state index in [-0.39, 0.29) is 5.91 Å². The van der Waals surface area contributed by atoms with Crippen LogP contribution in [0.4, 0.5) is 19.0 Å². The molecule has 5 aromatic rings. The number of anilines is 1. The number of aliphatic carboxylic acids is 1. The Hall–Kier alpha value is -5.20. The Labute approximate surface area is 218 Å². The van der Waals surface area contributed by atoms with Crippen LogP contribution in [-0.2, 0) is 4.79 Å². The lowest BCUT2D eigenvalue weighted by Crippen LogP contribution is -2.21. The van der Waals surface area contributed by atoms with E-state index >= 15 is 0 Å². The molecule has 0 fully saturated rings. The van der Waals surface area contributed by atoms with E-state index in [0.29, 0.717) is 45.4 Å². The van der Waals surface area contributed by atoms with Crippen LogP contribution < -0.4 is 10.1 Å². The van der Waals surface area contributed by atoms with Crippen LogP contribution >= 0.6 is 0 Å². The Balaban J connectivity index is 0.000000448. The lowest BCUT2D eigenvalue weighted by molar-refractivity contribution is -0.192. The Morgan fingerprint density at radius 2 is 1.85 bits per heavy atom. The molecule has 3 aromatic heterocycles. The van der Waals surface area contributed by atoms with Crippen molar-refractivity contribution in [3.05, 3.63) is 78.2 Å². The molecular weight excluding hydrogens is 521 g/mol. The maximum Gasteiger partial charge on any atom is 0.490 e. The SMILES string of the molecule is COc1cccc(-c2nc(-c3noc4ccc(C(=O)Nc5ccc(C)cn5)cc34)co2)c1.O=C(O)C(F)(F)F. The molecule has 0 unspecified atom stereocenters. The third-order valence-electron chi connectivity index (χ3n) is 5.19. The molecular formula is C26H19F3N4O6. The Morgan fingerprint density at radius 3 is 2.51 bits per heavy atom. The van der Waals surface area contributed by atoms with E-state index in [1.54, 1.807) is 37.6 Å². The van der Waals surface area contributed by atoms with E-state index in [4.69, 9.17) is 23.6 Å². The molecule has 0 bridgehead atoms. The Bertz CT molecular complexity index is 1630. The summed E-state index contributed by atoms with van der Waals surface area (Å²) < 4.78 is 48.1. The number of ether oxygens (including phenoxy) is 1. The van der Waals surface area contributed by atoms with Gasteiger partial charge in [0.15, 0.2) is 5.58 Å². The number of carboxylic acid groups (broad SMARTS) is 1. The molecule has 0 atom stereocenters. The highest BCUT2D eigenvalue weighted by Crippen LogP contribution is 2.31. The zero-order valence-corrected chi connectivity index (χ0v) is 20.3. The highest BCUT2D eigenvalue weighted by atomic mass is 19.4. The van der Waals surface area contributed by atoms with Gasteiger partial charge in [0.2, 0.25) is 5.89 Å². The van der Waals surface area contributed by atoms with E-state index in [2.05, 4.69) is 20.4 Å². The summed E-state index contributed by atoms with van der Waals surface area (Å²) in [5.74, 6) is -1.44. The predicted octanol–water partition coefficient (Wildman–Crippen LogP) is 5.75. The number of pyridine rings is 1. The molecule has 0 aliphatic carbocycles. The summed E-state index contributed by atoms with van der Waals surface area (Å²) in [7, 11) is 1.60. The summed E-state index contributed by atoms with van der Waals surface area (Å²) in [6.45, 7) is 1.93. The molecule has 1 amide bonds. The van der Waals surface area contributed by atoms with Crippen LogP contribution in [0.1, 0.15) is 15.9 Å². The van der Waals surface area contributed by atoms with Crippen LogP contribution in [0.15, 0.2) is 76.0 Å². The third-order valence-corrected chi connectivity index (χ3v) is 5.19. The third kappa shape index (κ3) is 6.39. The fourth-order valence-corrected chi connectivity index (χ4v) is 3.27. The van der Waals surface area contributed by atoms with Gasteiger partial charge >= 0.3 is 12.1 Å². The van der Waals surface area contributed by atoms with Crippen molar-refractivity contribution in [2.24, 2.45) is 0 Å². The number of nitrogens with zero attached hydrogens (tertiary/aromatic N) is 3. The number of aromatic nitrogens is 3. The number of amides is 1. The largest absolute Gasteiger partial charge is 0.497 e. The van der Waals surface area contributed by atoms with Crippen molar-refractivity contribution < 1.29 is 41.5 Å². The topological polar surface area (TPSA) is 141 Å². The van der Waals surface area contributed by atoms with Crippen molar-refractivity contribution in [2.75, 3.05) is 12.4 Å². The van der Waals surface area contributed by atoms with Gasteiger partial charge < -0.3 is 24.1 Å². The lowest BCUT2D eigenvalue weighted by atomic mass is 10.1. The molecule has 0 saturated carbocycles. The number of alkyl halides is 3.